The fraction of sp³-hybridized carbons (Fsp3) is 0.167. The van der Waals surface area contributed by atoms with E-state index in [2.05, 4.69) is 9.72 Å². The second-order valence-corrected chi connectivity index (χ2v) is 4.35. The van der Waals surface area contributed by atoms with Gasteiger partial charge < -0.3 is 4.74 Å². The van der Waals surface area contributed by atoms with Gasteiger partial charge >= 0.3 is 5.97 Å². The molecule has 0 aliphatic heterocycles. The van der Waals surface area contributed by atoms with Crippen molar-refractivity contribution in [3.63, 3.8) is 0 Å². The van der Waals surface area contributed by atoms with Gasteiger partial charge in [-0.15, -0.1) is 11.3 Å². The highest BCUT2D eigenvalue weighted by molar-refractivity contribution is 7.13. The van der Waals surface area contributed by atoms with Crippen molar-refractivity contribution in [2.24, 2.45) is 0 Å². The highest BCUT2D eigenvalue weighted by Crippen LogP contribution is 2.25. The number of methoxy groups -OCH3 is 1. The highest BCUT2D eigenvalue weighted by atomic mass is 32.1. The monoisotopic (exact) mass is 251 g/mol. The third kappa shape index (κ3) is 2.34. The largest absolute Gasteiger partial charge is 0.464 e. The zero-order valence-electron chi connectivity index (χ0n) is 9.36. The van der Waals surface area contributed by atoms with Crippen molar-refractivity contribution < 1.29 is 13.9 Å². The van der Waals surface area contributed by atoms with Gasteiger partial charge in [0.2, 0.25) is 0 Å². The average molecular weight is 251 g/mol. The van der Waals surface area contributed by atoms with Gasteiger partial charge in [-0.2, -0.15) is 0 Å². The van der Waals surface area contributed by atoms with Crippen LogP contribution in [0.2, 0.25) is 0 Å². The molecule has 0 radical (unpaired) electrons. The van der Waals surface area contributed by atoms with Gasteiger partial charge in [-0.25, -0.2) is 14.2 Å². The van der Waals surface area contributed by atoms with Gasteiger partial charge in [0.05, 0.1) is 7.11 Å². The molecule has 2 aromatic rings. The van der Waals surface area contributed by atoms with Gasteiger partial charge in [-0.05, 0) is 18.6 Å². The van der Waals surface area contributed by atoms with E-state index in [1.807, 2.05) is 0 Å². The quantitative estimate of drug-likeness (QED) is 0.770. The molecule has 1 aromatic heterocycles. The maximum Gasteiger partial charge on any atom is 0.357 e. The van der Waals surface area contributed by atoms with Gasteiger partial charge in [-0.3, -0.25) is 0 Å². The summed E-state index contributed by atoms with van der Waals surface area (Å²) in [7, 11) is 1.30. The fourth-order valence-electron chi connectivity index (χ4n) is 1.33. The lowest BCUT2D eigenvalue weighted by molar-refractivity contribution is 0.0595. The lowest BCUT2D eigenvalue weighted by Gasteiger charge is -1.99. The number of esters is 1. The van der Waals surface area contributed by atoms with Crippen LogP contribution in [0.4, 0.5) is 4.39 Å². The van der Waals surface area contributed by atoms with Crippen molar-refractivity contribution >= 4 is 17.3 Å². The molecule has 88 valence electrons. The molecule has 0 unspecified atom stereocenters. The number of rotatable bonds is 2. The van der Waals surface area contributed by atoms with Gasteiger partial charge in [0.1, 0.15) is 10.8 Å². The molecule has 5 heteroatoms. The van der Waals surface area contributed by atoms with E-state index in [1.165, 1.54) is 24.5 Å². The van der Waals surface area contributed by atoms with E-state index < -0.39 is 5.97 Å². The van der Waals surface area contributed by atoms with E-state index >= 15 is 0 Å². The average Bonchev–Trinajstić information content (AvgIpc) is 2.81. The van der Waals surface area contributed by atoms with E-state index in [0.29, 0.717) is 16.1 Å². The van der Waals surface area contributed by atoms with Crippen LogP contribution < -0.4 is 0 Å². The Labute approximate surface area is 102 Å². The van der Waals surface area contributed by atoms with Crippen LogP contribution in [0.3, 0.4) is 0 Å². The minimum Gasteiger partial charge on any atom is -0.464 e. The Kier molecular flexibility index (Phi) is 3.19. The molecule has 0 N–H and O–H groups in total. The van der Waals surface area contributed by atoms with Crippen molar-refractivity contribution in [3.05, 3.63) is 40.7 Å². The molecule has 0 fully saturated rings. The minimum absolute atomic E-state index is 0.244. The molecule has 0 saturated heterocycles. The molecule has 1 heterocycles. The summed E-state index contributed by atoms with van der Waals surface area (Å²) in [6.07, 6.45) is 0. The third-order valence-electron chi connectivity index (χ3n) is 2.32. The SMILES string of the molecule is COC(=O)c1csc(-c2ccc(C)c(F)c2)n1. The first kappa shape index (κ1) is 11.7. The minimum atomic E-state index is -0.486. The summed E-state index contributed by atoms with van der Waals surface area (Å²) in [5.41, 5.74) is 1.49. The zero-order chi connectivity index (χ0) is 12.4. The summed E-state index contributed by atoms with van der Waals surface area (Å²) < 4.78 is 17.9. The highest BCUT2D eigenvalue weighted by Gasteiger charge is 2.12. The number of aromatic nitrogens is 1. The number of hydrogen-bond donors (Lipinski definition) is 0. The lowest BCUT2D eigenvalue weighted by atomic mass is 10.1. The molecule has 0 amide bonds. The van der Waals surface area contributed by atoms with E-state index in [4.69, 9.17) is 0 Å². The van der Waals surface area contributed by atoms with Gasteiger partial charge in [0, 0.05) is 10.9 Å². The van der Waals surface area contributed by atoms with Crippen LogP contribution in [0.15, 0.2) is 23.6 Å². The molecule has 3 nitrogen and oxygen atoms in total. The Morgan fingerprint density at radius 1 is 1.47 bits per heavy atom. The van der Waals surface area contributed by atoms with Crippen molar-refractivity contribution in [2.45, 2.75) is 6.92 Å². The van der Waals surface area contributed by atoms with Crippen LogP contribution in [0.25, 0.3) is 10.6 Å². The van der Waals surface area contributed by atoms with Crippen molar-refractivity contribution in [3.8, 4) is 10.6 Å². The van der Waals surface area contributed by atoms with Gasteiger partial charge in [0.15, 0.2) is 5.69 Å². The molecule has 0 spiro atoms. The standard InChI is InChI=1S/C12H10FNO2S/c1-7-3-4-8(5-9(7)13)11-14-10(6-17-11)12(15)16-2/h3-6H,1-2H3. The van der Waals surface area contributed by atoms with E-state index in [9.17, 15) is 9.18 Å². The molecule has 0 saturated carbocycles. The Bertz CT molecular complexity index is 565. The molecule has 0 aliphatic rings. The van der Waals surface area contributed by atoms with Crippen LogP contribution in [0.1, 0.15) is 16.1 Å². The first-order chi connectivity index (χ1) is 8.11. The number of hydrogen-bond acceptors (Lipinski definition) is 4. The fourth-order valence-corrected chi connectivity index (χ4v) is 2.12. The molecule has 0 bridgehead atoms. The molecular formula is C12H10FNO2S. The van der Waals surface area contributed by atoms with E-state index in [1.54, 1.807) is 24.4 Å². The summed E-state index contributed by atoms with van der Waals surface area (Å²) in [4.78, 5) is 15.3. The topological polar surface area (TPSA) is 39.2 Å². The second kappa shape index (κ2) is 4.63. The van der Waals surface area contributed by atoms with Crippen LogP contribution in [0.5, 0.6) is 0 Å². The van der Waals surface area contributed by atoms with Crippen molar-refractivity contribution in [1.82, 2.24) is 4.98 Å². The number of aryl methyl sites for hydroxylation is 1. The zero-order valence-corrected chi connectivity index (χ0v) is 10.2. The number of benzene rings is 1. The first-order valence-electron chi connectivity index (χ1n) is 4.92. The van der Waals surface area contributed by atoms with Crippen LogP contribution in [0, 0.1) is 12.7 Å². The summed E-state index contributed by atoms with van der Waals surface area (Å²) >= 11 is 1.28. The Morgan fingerprint density at radius 3 is 2.88 bits per heavy atom. The number of carbonyl (C=O) groups excluding carboxylic acids is 1. The first-order valence-corrected chi connectivity index (χ1v) is 5.80. The number of halogens is 1. The molecule has 2 rings (SSSR count). The predicted molar refractivity (Wildman–Crippen MR) is 63.6 cm³/mol. The maximum absolute atomic E-state index is 13.4. The van der Waals surface area contributed by atoms with Gasteiger partial charge in [0.25, 0.3) is 0 Å². The maximum atomic E-state index is 13.4. The van der Waals surface area contributed by atoms with Crippen LogP contribution in [-0.2, 0) is 4.74 Å². The molecule has 0 atom stereocenters. The van der Waals surface area contributed by atoms with Crippen molar-refractivity contribution in [1.29, 1.82) is 0 Å². The van der Waals surface area contributed by atoms with Crippen molar-refractivity contribution in [2.75, 3.05) is 7.11 Å². The smallest absolute Gasteiger partial charge is 0.357 e. The lowest BCUT2D eigenvalue weighted by Crippen LogP contribution is -2.00. The summed E-state index contributed by atoms with van der Waals surface area (Å²) in [6.45, 7) is 1.70. The van der Waals surface area contributed by atoms with Crippen LogP contribution in [-0.4, -0.2) is 18.1 Å². The molecular weight excluding hydrogens is 241 g/mol. The number of carbonyl (C=O) groups is 1. The number of ether oxygens (including phenoxy) is 1. The summed E-state index contributed by atoms with van der Waals surface area (Å²) in [5, 5.41) is 2.20. The normalized spacial score (nSPS) is 10.3. The summed E-state index contributed by atoms with van der Waals surface area (Å²) in [5.74, 6) is -0.766. The Morgan fingerprint density at radius 2 is 2.24 bits per heavy atom. The Balaban J connectivity index is 2.37. The predicted octanol–water partition coefficient (Wildman–Crippen LogP) is 3.04. The molecule has 1 aromatic carbocycles. The van der Waals surface area contributed by atoms with E-state index in [0.717, 1.165) is 0 Å². The molecule has 0 aliphatic carbocycles. The number of nitrogens with zero attached hydrogens (tertiary/aromatic N) is 1. The summed E-state index contributed by atoms with van der Waals surface area (Å²) in [6, 6.07) is 4.87. The molecule has 17 heavy (non-hydrogen) atoms. The Hall–Kier alpha value is -1.75. The van der Waals surface area contributed by atoms with Gasteiger partial charge in [-0.1, -0.05) is 12.1 Å². The van der Waals surface area contributed by atoms with E-state index in [-0.39, 0.29) is 11.5 Å². The second-order valence-electron chi connectivity index (χ2n) is 3.49. The third-order valence-corrected chi connectivity index (χ3v) is 3.21. The number of thiazole rings is 1. The van der Waals surface area contributed by atoms with Crippen LogP contribution >= 0.6 is 11.3 Å².